The van der Waals surface area contributed by atoms with Crippen molar-refractivity contribution in [1.82, 2.24) is 10.2 Å². The molecule has 0 saturated heterocycles. The lowest BCUT2D eigenvalue weighted by Crippen LogP contribution is -2.32. The van der Waals surface area contributed by atoms with E-state index in [-0.39, 0.29) is 17.9 Å². The Balaban J connectivity index is 1.39. The minimum absolute atomic E-state index is 0.0715. The zero-order valence-electron chi connectivity index (χ0n) is 19.3. The number of para-hydroxylation sites is 1. The second-order valence-corrected chi connectivity index (χ2v) is 8.71. The molecule has 2 amide bonds. The summed E-state index contributed by atoms with van der Waals surface area (Å²) in [6.07, 6.45) is 1.91. The van der Waals surface area contributed by atoms with Gasteiger partial charge in [0.15, 0.2) is 0 Å². The lowest BCUT2D eigenvalue weighted by Gasteiger charge is -2.28. The molecule has 33 heavy (non-hydrogen) atoms. The van der Waals surface area contributed by atoms with Gasteiger partial charge in [0.05, 0.1) is 11.3 Å². The second kappa shape index (κ2) is 10.5. The minimum atomic E-state index is -0.225. The highest BCUT2D eigenvalue weighted by Crippen LogP contribution is 2.21. The Kier molecular flexibility index (Phi) is 7.20. The van der Waals surface area contributed by atoms with Gasteiger partial charge in [-0.05, 0) is 60.7 Å². The molecular weight excluding hydrogens is 410 g/mol. The number of nitrogens with zero attached hydrogens (tertiary/aromatic N) is 1. The molecule has 1 aliphatic rings. The third-order valence-corrected chi connectivity index (χ3v) is 6.24. The van der Waals surface area contributed by atoms with E-state index in [0.717, 1.165) is 32.5 Å². The maximum atomic E-state index is 12.9. The number of rotatable bonds is 7. The number of nitrogens with one attached hydrogen (secondary N) is 2. The number of fused-ring (bicyclic) bond motifs is 1. The molecule has 1 aliphatic heterocycles. The Morgan fingerprint density at radius 3 is 2.36 bits per heavy atom. The number of anilines is 1. The van der Waals surface area contributed by atoms with Crippen molar-refractivity contribution < 1.29 is 9.59 Å². The predicted molar refractivity (Wildman–Crippen MR) is 132 cm³/mol. The van der Waals surface area contributed by atoms with E-state index >= 15 is 0 Å². The third-order valence-electron chi connectivity index (χ3n) is 6.24. The summed E-state index contributed by atoms with van der Waals surface area (Å²) >= 11 is 0. The molecule has 4 rings (SSSR count). The molecule has 3 aromatic carbocycles. The molecule has 0 bridgehead atoms. The monoisotopic (exact) mass is 441 g/mol. The average molecular weight is 442 g/mol. The fourth-order valence-corrected chi connectivity index (χ4v) is 4.10. The van der Waals surface area contributed by atoms with Gasteiger partial charge in [-0.3, -0.25) is 14.5 Å². The van der Waals surface area contributed by atoms with E-state index in [9.17, 15) is 9.59 Å². The largest absolute Gasteiger partial charge is 0.350 e. The minimum Gasteiger partial charge on any atom is -0.350 e. The van der Waals surface area contributed by atoms with Gasteiger partial charge >= 0.3 is 0 Å². The summed E-state index contributed by atoms with van der Waals surface area (Å²) in [5.41, 5.74) is 5.57. The number of hydrogen-bond acceptors (Lipinski definition) is 3. The smallest absolute Gasteiger partial charge is 0.255 e. The highest BCUT2D eigenvalue weighted by Gasteiger charge is 2.17. The van der Waals surface area contributed by atoms with Crippen LogP contribution in [0.5, 0.6) is 0 Å². The van der Waals surface area contributed by atoms with Gasteiger partial charge < -0.3 is 10.6 Å². The van der Waals surface area contributed by atoms with Gasteiger partial charge in [0, 0.05) is 31.2 Å². The molecule has 1 atom stereocenters. The van der Waals surface area contributed by atoms with Crippen LogP contribution in [-0.4, -0.2) is 29.3 Å². The van der Waals surface area contributed by atoms with Crippen LogP contribution in [0.1, 0.15) is 57.7 Å². The van der Waals surface area contributed by atoms with Crippen molar-refractivity contribution >= 4 is 17.5 Å². The summed E-state index contributed by atoms with van der Waals surface area (Å²) in [5.74, 6) is -0.407. The summed E-state index contributed by atoms with van der Waals surface area (Å²) < 4.78 is 0. The molecule has 1 heterocycles. The fraction of sp³-hybridized carbons (Fsp3) is 0.286. The number of amides is 2. The molecule has 5 nitrogen and oxygen atoms in total. The van der Waals surface area contributed by atoms with Crippen molar-refractivity contribution in [3.63, 3.8) is 0 Å². The molecule has 0 spiro atoms. The molecule has 5 heteroatoms. The summed E-state index contributed by atoms with van der Waals surface area (Å²) in [4.78, 5) is 27.9. The molecule has 0 radical (unpaired) electrons. The van der Waals surface area contributed by atoms with Crippen LogP contribution in [0, 0.1) is 0 Å². The molecule has 2 N–H and O–H groups in total. The number of carbonyl (C=O) groups is 2. The van der Waals surface area contributed by atoms with E-state index < -0.39 is 0 Å². The normalized spacial score (nSPS) is 14.2. The summed E-state index contributed by atoms with van der Waals surface area (Å²) in [6.45, 7) is 6.83. The van der Waals surface area contributed by atoms with Crippen LogP contribution < -0.4 is 10.6 Å². The average Bonchev–Trinajstić information content (AvgIpc) is 2.84. The van der Waals surface area contributed by atoms with Crippen molar-refractivity contribution in [3.8, 4) is 0 Å². The van der Waals surface area contributed by atoms with Gasteiger partial charge in [-0.15, -0.1) is 0 Å². The highest BCUT2D eigenvalue weighted by atomic mass is 16.2. The van der Waals surface area contributed by atoms with E-state index in [1.54, 1.807) is 18.2 Å². The summed E-state index contributed by atoms with van der Waals surface area (Å²) in [6, 6.07) is 23.5. The zero-order chi connectivity index (χ0) is 23.2. The first-order valence-electron chi connectivity index (χ1n) is 11.6. The topological polar surface area (TPSA) is 61.4 Å². The van der Waals surface area contributed by atoms with Gasteiger partial charge in [-0.25, -0.2) is 0 Å². The van der Waals surface area contributed by atoms with E-state index in [4.69, 9.17) is 0 Å². The first kappa shape index (κ1) is 22.7. The van der Waals surface area contributed by atoms with Crippen LogP contribution in [0.25, 0.3) is 0 Å². The maximum absolute atomic E-state index is 12.9. The highest BCUT2D eigenvalue weighted by molar-refractivity contribution is 6.09. The number of hydrogen-bond donors (Lipinski definition) is 2. The van der Waals surface area contributed by atoms with Crippen LogP contribution in [0.15, 0.2) is 72.8 Å². The molecule has 3 aromatic rings. The van der Waals surface area contributed by atoms with E-state index in [2.05, 4.69) is 39.8 Å². The van der Waals surface area contributed by atoms with Crippen molar-refractivity contribution in [2.45, 2.75) is 45.8 Å². The molecule has 0 aromatic heterocycles. The van der Waals surface area contributed by atoms with E-state index in [1.165, 1.54) is 16.7 Å². The predicted octanol–water partition coefficient (Wildman–Crippen LogP) is 5.03. The molecule has 0 saturated carbocycles. The first-order valence-corrected chi connectivity index (χ1v) is 11.6. The van der Waals surface area contributed by atoms with Crippen molar-refractivity contribution in [2.75, 3.05) is 11.9 Å². The van der Waals surface area contributed by atoms with Crippen molar-refractivity contribution in [1.29, 1.82) is 0 Å². The Labute approximate surface area is 195 Å². The van der Waals surface area contributed by atoms with Crippen LogP contribution in [0.4, 0.5) is 5.69 Å². The Bertz CT molecular complexity index is 1120. The van der Waals surface area contributed by atoms with Gasteiger partial charge in [-0.2, -0.15) is 0 Å². The first-order chi connectivity index (χ1) is 16.0. The van der Waals surface area contributed by atoms with Gasteiger partial charge in [0.1, 0.15) is 0 Å². The lowest BCUT2D eigenvalue weighted by atomic mass is 9.99. The Morgan fingerprint density at radius 1 is 0.909 bits per heavy atom. The van der Waals surface area contributed by atoms with Crippen molar-refractivity contribution in [3.05, 3.63) is 101 Å². The van der Waals surface area contributed by atoms with Crippen LogP contribution in [-0.2, 0) is 19.5 Å². The molecule has 170 valence electrons. The van der Waals surface area contributed by atoms with Crippen LogP contribution in [0.2, 0.25) is 0 Å². The third kappa shape index (κ3) is 5.68. The lowest BCUT2D eigenvalue weighted by molar-refractivity contribution is 0.0940. The van der Waals surface area contributed by atoms with Crippen LogP contribution in [0.3, 0.4) is 0 Å². The standard InChI is InChI=1S/C28H31N3O2/c1-3-20(2)29-28(33)25-10-6-7-11-26(25)30-27(32)23-14-12-21(13-15-23)18-31-17-16-22-8-4-5-9-24(22)19-31/h4-15,20H,3,16-19H2,1-2H3,(H,29,33)(H,30,32)/t20-/m1/s1. The number of carbonyl (C=O) groups excluding carboxylic acids is 2. The van der Waals surface area contributed by atoms with Crippen LogP contribution >= 0.6 is 0 Å². The van der Waals surface area contributed by atoms with Crippen molar-refractivity contribution in [2.24, 2.45) is 0 Å². The SMILES string of the molecule is CC[C@@H](C)NC(=O)c1ccccc1NC(=O)c1ccc(CN2CCc3ccccc3C2)cc1. The molecule has 0 aliphatic carbocycles. The zero-order valence-corrected chi connectivity index (χ0v) is 19.3. The Morgan fingerprint density at radius 2 is 1.61 bits per heavy atom. The Hall–Kier alpha value is -3.44. The van der Waals surface area contributed by atoms with E-state index in [1.807, 2.05) is 44.2 Å². The molecular formula is C28H31N3O2. The number of benzene rings is 3. The maximum Gasteiger partial charge on any atom is 0.255 e. The van der Waals surface area contributed by atoms with Gasteiger partial charge in [-0.1, -0.05) is 55.5 Å². The van der Waals surface area contributed by atoms with Gasteiger partial charge in [0.25, 0.3) is 11.8 Å². The second-order valence-electron chi connectivity index (χ2n) is 8.71. The van der Waals surface area contributed by atoms with E-state index in [0.29, 0.717) is 16.8 Å². The quantitative estimate of drug-likeness (QED) is 0.541. The summed E-state index contributed by atoms with van der Waals surface area (Å²) in [7, 11) is 0. The summed E-state index contributed by atoms with van der Waals surface area (Å²) in [5, 5.41) is 5.86. The van der Waals surface area contributed by atoms with Gasteiger partial charge in [0.2, 0.25) is 0 Å². The fourth-order valence-electron chi connectivity index (χ4n) is 4.10. The molecule has 0 fully saturated rings. The molecule has 0 unspecified atom stereocenters.